The second kappa shape index (κ2) is 6.74. The lowest BCUT2D eigenvalue weighted by Gasteiger charge is -2.12. The summed E-state index contributed by atoms with van der Waals surface area (Å²) in [6.07, 6.45) is 0.721. The van der Waals surface area contributed by atoms with Crippen LogP contribution in [0.25, 0.3) is 0 Å². The Morgan fingerprint density at radius 2 is 1.88 bits per heavy atom. The Morgan fingerprint density at radius 3 is 2.42 bits per heavy atom. The van der Waals surface area contributed by atoms with Crippen LogP contribution in [-0.2, 0) is 16.5 Å². The molecule has 0 spiro atoms. The third-order valence-corrected chi connectivity index (χ3v) is 3.88. The Kier molecular flexibility index (Phi) is 4.92. The van der Waals surface area contributed by atoms with Crippen LogP contribution in [0.15, 0.2) is 18.3 Å². The maximum Gasteiger partial charge on any atom is 0.355 e. The number of esters is 2. The molecule has 2 aromatic rings. The van der Waals surface area contributed by atoms with E-state index in [0.717, 1.165) is 0 Å². The van der Waals surface area contributed by atoms with E-state index in [2.05, 4.69) is 4.98 Å². The minimum atomic E-state index is -0.991. The number of aromatic amines is 1. The molecule has 2 rings (SSSR count). The van der Waals surface area contributed by atoms with Gasteiger partial charge in [-0.15, -0.1) is 0 Å². The Bertz CT molecular complexity index is 800. The molecule has 0 fully saturated rings. The zero-order valence-corrected chi connectivity index (χ0v) is 14.3. The van der Waals surface area contributed by atoms with Crippen LogP contribution in [0.2, 0.25) is 0 Å². The number of nitrogens with one attached hydrogen (secondary N) is 1. The van der Waals surface area contributed by atoms with Crippen LogP contribution in [0.4, 0.5) is 0 Å². The Hall–Kier alpha value is -2.83. The lowest BCUT2D eigenvalue weighted by molar-refractivity contribution is 0.0307. The molecular formula is C17H20N2O5. The van der Waals surface area contributed by atoms with Gasteiger partial charge in [0, 0.05) is 18.9 Å². The molecule has 7 heteroatoms. The molecular weight excluding hydrogens is 312 g/mol. The highest BCUT2D eigenvalue weighted by Crippen LogP contribution is 2.21. The van der Waals surface area contributed by atoms with Crippen molar-refractivity contribution < 1.29 is 23.9 Å². The maximum atomic E-state index is 12.6. The van der Waals surface area contributed by atoms with E-state index >= 15 is 0 Å². The number of aryl methyl sites for hydroxylation is 2. The van der Waals surface area contributed by atoms with Crippen molar-refractivity contribution in [3.05, 3.63) is 46.5 Å². The molecule has 24 heavy (non-hydrogen) atoms. The second-order valence-corrected chi connectivity index (χ2v) is 5.53. The smallest absolute Gasteiger partial charge is 0.355 e. The summed E-state index contributed by atoms with van der Waals surface area (Å²) in [4.78, 5) is 39.3. The number of ketones is 1. The van der Waals surface area contributed by atoms with Gasteiger partial charge in [0.2, 0.25) is 5.78 Å². The van der Waals surface area contributed by atoms with E-state index in [1.807, 2.05) is 0 Å². The van der Waals surface area contributed by atoms with E-state index in [0.29, 0.717) is 22.5 Å². The standard InChI is InChI=1S/C17H20N2O5/c1-9-13(17(22)23-5)10(2)18-14(9)15(20)11(3)24-16(21)12-7-6-8-19(12)4/h6-8,11,18H,1-5H3/t11-/m0/s1. The average Bonchev–Trinajstić information content (AvgIpc) is 3.09. The SMILES string of the molecule is COC(=O)c1c(C)[nH]c(C(=O)[C@H](C)OC(=O)c2cccn2C)c1C. The first-order valence-electron chi connectivity index (χ1n) is 7.41. The first kappa shape index (κ1) is 17.5. The minimum Gasteiger partial charge on any atom is -0.465 e. The van der Waals surface area contributed by atoms with Crippen molar-refractivity contribution in [3.8, 4) is 0 Å². The van der Waals surface area contributed by atoms with Crippen LogP contribution >= 0.6 is 0 Å². The van der Waals surface area contributed by atoms with Gasteiger partial charge in [0.05, 0.1) is 18.4 Å². The van der Waals surface area contributed by atoms with Crippen molar-refractivity contribution in [1.82, 2.24) is 9.55 Å². The summed E-state index contributed by atoms with van der Waals surface area (Å²) in [6, 6.07) is 3.32. The van der Waals surface area contributed by atoms with Gasteiger partial charge in [-0.1, -0.05) is 0 Å². The Labute approximate surface area is 139 Å². The molecule has 0 bridgehead atoms. The van der Waals surface area contributed by atoms with Gasteiger partial charge >= 0.3 is 11.9 Å². The van der Waals surface area contributed by atoms with Crippen LogP contribution in [-0.4, -0.2) is 40.5 Å². The van der Waals surface area contributed by atoms with Crippen LogP contribution < -0.4 is 0 Å². The fraction of sp³-hybridized carbons (Fsp3) is 0.353. The second-order valence-electron chi connectivity index (χ2n) is 5.53. The number of aromatic nitrogens is 2. The lowest BCUT2D eigenvalue weighted by Crippen LogP contribution is -2.26. The largest absolute Gasteiger partial charge is 0.465 e. The molecule has 1 atom stereocenters. The van der Waals surface area contributed by atoms with Crippen LogP contribution in [0.3, 0.4) is 0 Å². The first-order chi connectivity index (χ1) is 11.3. The fourth-order valence-corrected chi connectivity index (χ4v) is 2.56. The molecule has 128 valence electrons. The van der Waals surface area contributed by atoms with Gasteiger partial charge in [0.25, 0.3) is 0 Å². The third kappa shape index (κ3) is 3.10. The van der Waals surface area contributed by atoms with Crippen molar-refractivity contribution in [2.45, 2.75) is 26.9 Å². The maximum absolute atomic E-state index is 12.6. The zero-order chi connectivity index (χ0) is 18.0. The van der Waals surface area contributed by atoms with E-state index in [1.54, 1.807) is 43.8 Å². The van der Waals surface area contributed by atoms with E-state index in [1.165, 1.54) is 14.0 Å². The van der Waals surface area contributed by atoms with E-state index in [4.69, 9.17) is 9.47 Å². The molecule has 7 nitrogen and oxygen atoms in total. The van der Waals surface area contributed by atoms with E-state index in [-0.39, 0.29) is 5.69 Å². The van der Waals surface area contributed by atoms with Crippen molar-refractivity contribution >= 4 is 17.7 Å². The average molecular weight is 332 g/mol. The van der Waals surface area contributed by atoms with E-state index in [9.17, 15) is 14.4 Å². The van der Waals surface area contributed by atoms with Gasteiger partial charge in [0.1, 0.15) is 5.69 Å². The number of nitrogens with zero attached hydrogens (tertiary/aromatic N) is 1. The molecule has 0 saturated carbocycles. The number of carbonyl (C=O) groups is 3. The first-order valence-corrected chi connectivity index (χ1v) is 7.41. The van der Waals surface area contributed by atoms with Gasteiger partial charge in [-0.2, -0.15) is 0 Å². The molecule has 0 amide bonds. The topological polar surface area (TPSA) is 90.4 Å². The summed E-state index contributed by atoms with van der Waals surface area (Å²) >= 11 is 0. The summed E-state index contributed by atoms with van der Waals surface area (Å²) in [5.74, 6) is -1.51. The summed E-state index contributed by atoms with van der Waals surface area (Å²) < 4.78 is 11.6. The number of rotatable bonds is 5. The number of carbonyl (C=O) groups excluding carboxylic acids is 3. The van der Waals surface area contributed by atoms with Gasteiger partial charge in [0.15, 0.2) is 6.10 Å². The predicted octanol–water partition coefficient (Wildman–Crippen LogP) is 2.18. The van der Waals surface area contributed by atoms with Gasteiger partial charge in [-0.25, -0.2) is 9.59 Å². The normalized spacial score (nSPS) is 11.9. The zero-order valence-electron chi connectivity index (χ0n) is 14.3. The Morgan fingerprint density at radius 1 is 1.21 bits per heavy atom. The van der Waals surface area contributed by atoms with Gasteiger partial charge in [-0.3, -0.25) is 4.79 Å². The fourth-order valence-electron chi connectivity index (χ4n) is 2.56. The molecule has 0 saturated heterocycles. The number of hydrogen-bond acceptors (Lipinski definition) is 5. The minimum absolute atomic E-state index is 0.236. The molecule has 0 aliphatic carbocycles. The monoisotopic (exact) mass is 332 g/mol. The predicted molar refractivity (Wildman–Crippen MR) is 86.2 cm³/mol. The third-order valence-electron chi connectivity index (χ3n) is 3.88. The van der Waals surface area contributed by atoms with Crippen LogP contribution in [0, 0.1) is 13.8 Å². The Balaban J connectivity index is 2.21. The van der Waals surface area contributed by atoms with Crippen molar-refractivity contribution in [2.24, 2.45) is 7.05 Å². The molecule has 0 unspecified atom stereocenters. The number of Topliss-reactive ketones (excluding diaryl/α,β-unsaturated/α-hetero) is 1. The molecule has 0 radical (unpaired) electrons. The summed E-state index contributed by atoms with van der Waals surface area (Å²) in [7, 11) is 2.99. The number of methoxy groups -OCH3 is 1. The molecule has 1 N–H and O–H groups in total. The molecule has 0 aliphatic rings. The number of hydrogen-bond donors (Lipinski definition) is 1. The molecule has 0 aromatic carbocycles. The highest BCUT2D eigenvalue weighted by Gasteiger charge is 2.27. The molecule has 2 aromatic heterocycles. The van der Waals surface area contributed by atoms with Crippen LogP contribution in [0.5, 0.6) is 0 Å². The van der Waals surface area contributed by atoms with Crippen molar-refractivity contribution in [2.75, 3.05) is 7.11 Å². The van der Waals surface area contributed by atoms with Gasteiger partial charge in [-0.05, 0) is 38.5 Å². The quantitative estimate of drug-likeness (QED) is 0.669. The van der Waals surface area contributed by atoms with E-state index < -0.39 is 23.8 Å². The molecule has 0 aliphatic heterocycles. The van der Waals surface area contributed by atoms with Crippen molar-refractivity contribution in [3.63, 3.8) is 0 Å². The highest BCUT2D eigenvalue weighted by molar-refractivity contribution is 6.04. The number of ether oxygens (including phenoxy) is 2. The summed E-state index contributed by atoms with van der Waals surface area (Å²) in [6.45, 7) is 4.82. The van der Waals surface area contributed by atoms with Gasteiger partial charge < -0.3 is 19.0 Å². The lowest BCUT2D eigenvalue weighted by atomic mass is 10.1. The number of H-pyrrole nitrogens is 1. The van der Waals surface area contributed by atoms with Crippen LogP contribution in [0.1, 0.15) is 49.5 Å². The summed E-state index contributed by atoms with van der Waals surface area (Å²) in [5, 5.41) is 0. The highest BCUT2D eigenvalue weighted by atomic mass is 16.5. The summed E-state index contributed by atoms with van der Waals surface area (Å²) in [5.41, 5.74) is 1.92. The molecule has 2 heterocycles. The van der Waals surface area contributed by atoms with Crippen molar-refractivity contribution in [1.29, 1.82) is 0 Å².